The summed E-state index contributed by atoms with van der Waals surface area (Å²) in [6.07, 6.45) is 1.54. The first-order valence-corrected chi connectivity index (χ1v) is 11.6. The van der Waals surface area contributed by atoms with Crippen molar-refractivity contribution in [3.05, 3.63) is 40.4 Å². The Bertz CT molecular complexity index is 966. The molecule has 1 aromatic carbocycles. The lowest BCUT2D eigenvalue weighted by molar-refractivity contribution is -0.135. The average molecular weight is 438 g/mol. The molecule has 4 rings (SSSR count). The molecule has 29 heavy (non-hydrogen) atoms. The van der Waals surface area contributed by atoms with E-state index < -0.39 is 10.0 Å². The summed E-state index contributed by atoms with van der Waals surface area (Å²) < 4.78 is 34.9. The van der Waals surface area contributed by atoms with E-state index in [1.54, 1.807) is 31.2 Å². The van der Waals surface area contributed by atoms with Gasteiger partial charge in [-0.1, -0.05) is 23.7 Å². The maximum absolute atomic E-state index is 12.8. The second-order valence-electron chi connectivity index (χ2n) is 7.58. The largest absolute Gasteiger partial charge is 0.381 e. The van der Waals surface area contributed by atoms with E-state index in [-0.39, 0.29) is 16.7 Å². The Kier molecular flexibility index (Phi) is 5.68. The van der Waals surface area contributed by atoms with Gasteiger partial charge in [-0.2, -0.15) is 8.42 Å². The second kappa shape index (κ2) is 8.08. The third-order valence-corrected chi connectivity index (χ3v) is 7.36. The van der Waals surface area contributed by atoms with Crippen molar-refractivity contribution in [3.63, 3.8) is 0 Å². The minimum absolute atomic E-state index is 0.0520. The summed E-state index contributed by atoms with van der Waals surface area (Å²) in [7, 11) is -3.77. The van der Waals surface area contributed by atoms with Gasteiger partial charge >= 0.3 is 0 Å². The summed E-state index contributed by atoms with van der Waals surface area (Å²) in [5.74, 6) is 0.566. The van der Waals surface area contributed by atoms with Gasteiger partial charge < -0.3 is 14.5 Å². The quantitative estimate of drug-likeness (QED) is 0.709. The molecule has 156 valence electrons. The van der Waals surface area contributed by atoms with Crippen LogP contribution in [0.25, 0.3) is 4.91 Å². The van der Waals surface area contributed by atoms with Gasteiger partial charge in [-0.25, -0.2) is 0 Å². The van der Waals surface area contributed by atoms with E-state index in [0.29, 0.717) is 61.4 Å². The molecule has 0 aliphatic carbocycles. The molecule has 0 aromatic heterocycles. The van der Waals surface area contributed by atoms with Gasteiger partial charge in [-0.15, -0.1) is 4.40 Å². The van der Waals surface area contributed by atoms with Crippen molar-refractivity contribution in [3.8, 4) is 0 Å². The lowest BCUT2D eigenvalue weighted by Crippen LogP contribution is -2.40. The second-order valence-corrected chi connectivity index (χ2v) is 9.55. The van der Waals surface area contributed by atoms with Crippen LogP contribution in [0, 0.1) is 5.92 Å². The van der Waals surface area contributed by atoms with Crippen LogP contribution in [-0.2, 0) is 19.6 Å². The van der Waals surface area contributed by atoms with E-state index in [2.05, 4.69) is 4.40 Å². The number of amidine groups is 1. The Morgan fingerprint density at radius 3 is 2.62 bits per heavy atom. The number of ether oxygens (including phenoxy) is 1. The summed E-state index contributed by atoms with van der Waals surface area (Å²) >= 11 is 5.94. The molecule has 0 N–H and O–H groups in total. The van der Waals surface area contributed by atoms with Crippen LogP contribution in [-0.4, -0.2) is 69.4 Å². The van der Waals surface area contributed by atoms with Crippen molar-refractivity contribution >= 4 is 38.3 Å². The van der Waals surface area contributed by atoms with E-state index in [4.69, 9.17) is 16.3 Å². The van der Waals surface area contributed by atoms with E-state index in [1.165, 1.54) is 0 Å². The van der Waals surface area contributed by atoms with Crippen molar-refractivity contribution in [2.75, 3.05) is 39.4 Å². The van der Waals surface area contributed by atoms with Crippen LogP contribution >= 0.6 is 11.6 Å². The van der Waals surface area contributed by atoms with Crippen LogP contribution in [0.4, 0.5) is 0 Å². The summed E-state index contributed by atoms with van der Waals surface area (Å²) in [5.41, 5.74) is 1.22. The van der Waals surface area contributed by atoms with Gasteiger partial charge in [0.25, 0.3) is 10.0 Å². The predicted molar refractivity (Wildman–Crippen MR) is 112 cm³/mol. The van der Waals surface area contributed by atoms with Crippen LogP contribution in [0.2, 0.25) is 5.02 Å². The molecule has 2 saturated heterocycles. The molecule has 3 aliphatic rings. The fraction of sp³-hybridized carbons (Fsp3) is 0.500. The van der Waals surface area contributed by atoms with Crippen molar-refractivity contribution in [1.82, 2.24) is 9.80 Å². The minimum atomic E-state index is -3.77. The Balaban J connectivity index is 1.53. The average Bonchev–Trinajstić information content (AvgIpc) is 3.21. The van der Waals surface area contributed by atoms with Crippen molar-refractivity contribution in [2.24, 2.45) is 10.3 Å². The molecule has 3 aliphatic heterocycles. The van der Waals surface area contributed by atoms with Crippen molar-refractivity contribution in [2.45, 2.75) is 19.8 Å². The van der Waals surface area contributed by atoms with Gasteiger partial charge in [0.2, 0.25) is 5.91 Å². The molecule has 0 saturated carbocycles. The van der Waals surface area contributed by atoms with Gasteiger partial charge in [-0.3, -0.25) is 4.79 Å². The Hall–Kier alpha value is -1.90. The number of amides is 1. The van der Waals surface area contributed by atoms with Crippen LogP contribution in [0.5, 0.6) is 0 Å². The number of hydrogen-bond donors (Lipinski definition) is 0. The lowest BCUT2D eigenvalue weighted by atomic mass is 10.1. The zero-order valence-corrected chi connectivity index (χ0v) is 17.9. The summed E-state index contributed by atoms with van der Waals surface area (Å²) in [5, 5.41) is 0.550. The molecule has 1 aromatic rings. The Morgan fingerprint density at radius 2 is 1.93 bits per heavy atom. The van der Waals surface area contributed by atoms with Gasteiger partial charge in [0.05, 0.1) is 12.5 Å². The molecule has 0 spiro atoms. The van der Waals surface area contributed by atoms with E-state index in [1.807, 2.05) is 9.80 Å². The van der Waals surface area contributed by atoms with Crippen molar-refractivity contribution in [1.29, 1.82) is 0 Å². The summed E-state index contributed by atoms with van der Waals surface area (Å²) in [6.45, 7) is 5.36. The van der Waals surface area contributed by atoms with Crippen LogP contribution in [0.15, 0.2) is 34.2 Å². The van der Waals surface area contributed by atoms with Crippen LogP contribution in [0.3, 0.4) is 0 Å². The number of benzene rings is 1. The zero-order valence-electron chi connectivity index (χ0n) is 16.3. The number of sulfonamides is 1. The van der Waals surface area contributed by atoms with Gasteiger partial charge in [0.1, 0.15) is 10.7 Å². The van der Waals surface area contributed by atoms with E-state index in [0.717, 1.165) is 12.8 Å². The Morgan fingerprint density at radius 1 is 1.17 bits per heavy atom. The maximum Gasteiger partial charge on any atom is 0.285 e. The molecule has 1 unspecified atom stereocenters. The minimum Gasteiger partial charge on any atom is -0.381 e. The van der Waals surface area contributed by atoms with Crippen molar-refractivity contribution < 1.29 is 17.9 Å². The number of halogens is 1. The third kappa shape index (κ3) is 4.06. The molecule has 3 heterocycles. The zero-order chi connectivity index (χ0) is 20.6. The Labute approximate surface area is 176 Å². The first kappa shape index (κ1) is 20.4. The van der Waals surface area contributed by atoms with Crippen LogP contribution in [0.1, 0.15) is 25.3 Å². The number of carbonyl (C=O) groups excluding carboxylic acids is 1. The van der Waals surface area contributed by atoms with E-state index in [9.17, 15) is 13.2 Å². The van der Waals surface area contributed by atoms with Gasteiger partial charge in [-0.05, 0) is 37.5 Å². The maximum atomic E-state index is 12.8. The van der Waals surface area contributed by atoms with E-state index >= 15 is 0 Å². The number of rotatable bonds is 2. The lowest BCUT2D eigenvalue weighted by Gasteiger charge is -2.25. The number of hydrogen-bond acceptors (Lipinski definition) is 5. The molecule has 2 fully saturated rings. The highest BCUT2D eigenvalue weighted by Gasteiger charge is 2.35. The molecular weight excluding hydrogens is 414 g/mol. The van der Waals surface area contributed by atoms with Gasteiger partial charge in [0, 0.05) is 43.4 Å². The summed E-state index contributed by atoms with van der Waals surface area (Å²) in [4.78, 5) is 16.8. The fourth-order valence-corrected chi connectivity index (χ4v) is 5.73. The highest BCUT2D eigenvalue weighted by Crippen LogP contribution is 2.34. The first-order valence-electron chi connectivity index (χ1n) is 9.80. The fourth-order valence-electron chi connectivity index (χ4n) is 4.12. The molecule has 1 atom stereocenters. The molecule has 1 amide bonds. The van der Waals surface area contributed by atoms with Crippen LogP contribution < -0.4 is 0 Å². The number of nitrogens with zero attached hydrogens (tertiary/aromatic N) is 3. The SMILES string of the molecule is CC1=C(c2ccc(Cl)cc2)S(=O)(=O)N=C1N1CCCN(C(=O)C2CCOC2)CC1. The smallest absolute Gasteiger partial charge is 0.285 e. The normalized spacial score (nSPS) is 24.6. The topological polar surface area (TPSA) is 79.3 Å². The first-order chi connectivity index (χ1) is 13.9. The standard InChI is InChI=1S/C20H24ClN3O4S/c1-14-18(15-3-5-17(21)6-4-15)29(26,27)22-19(14)23-8-2-9-24(11-10-23)20(25)16-7-12-28-13-16/h3-6,16H,2,7-13H2,1H3. The molecule has 0 bridgehead atoms. The highest BCUT2D eigenvalue weighted by molar-refractivity contribution is 8.00. The third-order valence-electron chi connectivity index (χ3n) is 5.63. The summed E-state index contributed by atoms with van der Waals surface area (Å²) in [6, 6.07) is 6.74. The monoisotopic (exact) mass is 437 g/mol. The van der Waals surface area contributed by atoms with Gasteiger partial charge in [0.15, 0.2) is 0 Å². The highest BCUT2D eigenvalue weighted by atomic mass is 35.5. The molecule has 0 radical (unpaired) electrons. The molecule has 9 heteroatoms. The number of carbonyl (C=O) groups is 1. The predicted octanol–water partition coefficient (Wildman–Crippen LogP) is 2.38. The molecular formula is C20H24ClN3O4S. The molecule has 7 nitrogen and oxygen atoms in total.